The first-order valence-corrected chi connectivity index (χ1v) is 14.0. The number of rotatable bonds is 3. The van der Waals surface area contributed by atoms with E-state index in [1.165, 1.54) is 5.56 Å². The Morgan fingerprint density at radius 1 is 0.381 bits per heavy atom. The Hall–Kier alpha value is -5.74. The Morgan fingerprint density at radius 3 is 1.60 bits per heavy atom. The van der Waals surface area contributed by atoms with Crippen LogP contribution in [-0.4, -0.2) is 9.97 Å². The highest BCUT2D eigenvalue weighted by molar-refractivity contribution is 6.15. The number of hydrogen-bond donors (Lipinski definition) is 0. The molecule has 0 saturated carbocycles. The molecule has 9 aromatic rings. The van der Waals surface area contributed by atoms with Crippen molar-refractivity contribution < 1.29 is 8.83 Å². The summed E-state index contributed by atoms with van der Waals surface area (Å²) >= 11 is 0. The molecule has 0 aliphatic carbocycles. The number of benzene rings is 5. The van der Waals surface area contributed by atoms with Crippen molar-refractivity contribution in [3.63, 3.8) is 0 Å². The standard InChI is InChI=1S/C38H22N2O2/c1-2-8-23(9-3-1)24-14-17-34-32(22-24)36-38(42-34)30(19-21-40-36)28-16-15-27(25-10-4-5-11-26(25)28)29-18-20-39-35-31-12-6-7-13-33(31)41-37(29)35/h1-22H. The molecule has 9 rings (SSSR count). The summed E-state index contributed by atoms with van der Waals surface area (Å²) in [5.41, 5.74) is 11.6. The Labute approximate surface area is 240 Å². The van der Waals surface area contributed by atoms with Crippen LogP contribution in [0.2, 0.25) is 0 Å². The van der Waals surface area contributed by atoms with E-state index in [9.17, 15) is 0 Å². The van der Waals surface area contributed by atoms with Gasteiger partial charge in [-0.1, -0.05) is 84.9 Å². The van der Waals surface area contributed by atoms with Crippen LogP contribution in [0, 0.1) is 0 Å². The molecule has 5 aromatic carbocycles. The third-order valence-corrected chi connectivity index (χ3v) is 8.22. The second-order valence-corrected chi connectivity index (χ2v) is 10.6. The molecule has 0 aliphatic heterocycles. The highest BCUT2D eigenvalue weighted by atomic mass is 16.3. The van der Waals surface area contributed by atoms with Crippen LogP contribution in [0.4, 0.5) is 0 Å². The second kappa shape index (κ2) is 8.88. The highest BCUT2D eigenvalue weighted by Crippen LogP contribution is 2.42. The molecule has 42 heavy (non-hydrogen) atoms. The summed E-state index contributed by atoms with van der Waals surface area (Å²) in [6, 6.07) is 41.8. The fourth-order valence-electron chi connectivity index (χ4n) is 6.27. The van der Waals surface area contributed by atoms with Crippen LogP contribution in [0.3, 0.4) is 0 Å². The van der Waals surface area contributed by atoms with Gasteiger partial charge in [-0.05, 0) is 69.4 Å². The molecule has 0 spiro atoms. The van der Waals surface area contributed by atoms with Gasteiger partial charge < -0.3 is 8.83 Å². The number of hydrogen-bond acceptors (Lipinski definition) is 4. The van der Waals surface area contributed by atoms with E-state index in [1.54, 1.807) is 0 Å². The highest BCUT2D eigenvalue weighted by Gasteiger charge is 2.19. The van der Waals surface area contributed by atoms with Gasteiger partial charge in [-0.15, -0.1) is 0 Å². The minimum atomic E-state index is 0.791. The molecule has 0 N–H and O–H groups in total. The SMILES string of the molecule is c1ccc(-c2ccc3oc4c(-c5ccc(-c6ccnc7c6oc6ccccc67)c6ccccc56)ccnc4c3c2)cc1. The van der Waals surface area contributed by atoms with E-state index in [-0.39, 0.29) is 0 Å². The van der Waals surface area contributed by atoms with Gasteiger partial charge in [0.1, 0.15) is 22.2 Å². The summed E-state index contributed by atoms with van der Waals surface area (Å²) in [4.78, 5) is 9.45. The van der Waals surface area contributed by atoms with E-state index in [0.717, 1.165) is 82.7 Å². The Bertz CT molecular complexity index is 2470. The average molecular weight is 539 g/mol. The van der Waals surface area contributed by atoms with Crippen LogP contribution in [-0.2, 0) is 0 Å². The van der Waals surface area contributed by atoms with Gasteiger partial charge in [0.25, 0.3) is 0 Å². The van der Waals surface area contributed by atoms with Crippen molar-refractivity contribution in [2.75, 3.05) is 0 Å². The lowest BCUT2D eigenvalue weighted by Gasteiger charge is -2.12. The van der Waals surface area contributed by atoms with Crippen LogP contribution in [0.5, 0.6) is 0 Å². The molecule has 0 radical (unpaired) electrons. The first kappa shape index (κ1) is 23.0. The number of aromatic nitrogens is 2. The minimum absolute atomic E-state index is 0.791. The number of pyridine rings is 2. The van der Waals surface area contributed by atoms with Crippen LogP contribution < -0.4 is 0 Å². The zero-order chi connectivity index (χ0) is 27.6. The predicted octanol–water partition coefficient (Wildman–Crippen LogP) is 10.4. The maximum Gasteiger partial charge on any atom is 0.161 e. The molecule has 4 aromatic heterocycles. The number of fused-ring (bicyclic) bond motifs is 7. The van der Waals surface area contributed by atoms with E-state index in [4.69, 9.17) is 13.8 Å². The summed E-state index contributed by atoms with van der Waals surface area (Å²) in [6.45, 7) is 0. The summed E-state index contributed by atoms with van der Waals surface area (Å²) in [6.07, 6.45) is 3.75. The molecular formula is C38H22N2O2. The molecule has 4 nitrogen and oxygen atoms in total. The molecule has 0 atom stereocenters. The normalized spacial score (nSPS) is 11.8. The van der Waals surface area contributed by atoms with Crippen LogP contribution in [0.1, 0.15) is 0 Å². The second-order valence-electron chi connectivity index (χ2n) is 10.6. The third-order valence-electron chi connectivity index (χ3n) is 8.22. The molecule has 0 saturated heterocycles. The van der Waals surface area contributed by atoms with E-state index in [2.05, 4.69) is 83.8 Å². The summed E-state index contributed by atoms with van der Waals surface area (Å²) in [7, 11) is 0. The first-order chi connectivity index (χ1) is 20.8. The van der Waals surface area contributed by atoms with Gasteiger partial charge in [-0.3, -0.25) is 9.97 Å². The van der Waals surface area contributed by atoms with Gasteiger partial charge in [0.2, 0.25) is 0 Å². The van der Waals surface area contributed by atoms with Crippen LogP contribution in [0.15, 0.2) is 143 Å². The minimum Gasteiger partial charge on any atom is -0.454 e. The zero-order valence-corrected chi connectivity index (χ0v) is 22.4. The van der Waals surface area contributed by atoms with Gasteiger partial charge in [-0.2, -0.15) is 0 Å². The number of nitrogens with zero attached hydrogens (tertiary/aromatic N) is 2. The van der Waals surface area contributed by atoms with Crippen LogP contribution in [0.25, 0.3) is 88.3 Å². The topological polar surface area (TPSA) is 52.1 Å². The molecule has 0 unspecified atom stereocenters. The van der Waals surface area contributed by atoms with Gasteiger partial charge >= 0.3 is 0 Å². The van der Waals surface area contributed by atoms with E-state index in [1.807, 2.05) is 54.9 Å². The fraction of sp³-hybridized carbons (Fsp3) is 0. The summed E-state index contributed by atoms with van der Waals surface area (Å²) in [5.74, 6) is 0. The quantitative estimate of drug-likeness (QED) is 0.224. The van der Waals surface area contributed by atoms with Crippen molar-refractivity contribution in [3.8, 4) is 33.4 Å². The van der Waals surface area contributed by atoms with E-state index in [0.29, 0.717) is 0 Å². The maximum absolute atomic E-state index is 6.50. The van der Waals surface area contributed by atoms with Crippen molar-refractivity contribution in [1.82, 2.24) is 9.97 Å². The fourth-order valence-corrected chi connectivity index (χ4v) is 6.27. The van der Waals surface area contributed by atoms with Crippen molar-refractivity contribution >= 4 is 54.9 Å². The zero-order valence-electron chi connectivity index (χ0n) is 22.4. The summed E-state index contributed by atoms with van der Waals surface area (Å²) in [5, 5.41) is 4.30. The van der Waals surface area contributed by atoms with Crippen molar-refractivity contribution in [3.05, 3.63) is 134 Å². The molecular weight excluding hydrogens is 516 g/mol. The molecule has 0 fully saturated rings. The number of para-hydroxylation sites is 1. The van der Waals surface area contributed by atoms with E-state index < -0.39 is 0 Å². The molecule has 0 aliphatic rings. The van der Waals surface area contributed by atoms with Gasteiger partial charge in [0.15, 0.2) is 11.2 Å². The maximum atomic E-state index is 6.50. The number of furan rings is 2. The third kappa shape index (κ3) is 3.36. The lowest BCUT2D eigenvalue weighted by molar-refractivity contribution is 0.669. The first-order valence-electron chi connectivity index (χ1n) is 14.0. The molecule has 0 bridgehead atoms. The van der Waals surface area contributed by atoms with Crippen LogP contribution >= 0.6 is 0 Å². The van der Waals surface area contributed by atoms with Gasteiger partial charge in [0.05, 0.1) is 0 Å². The monoisotopic (exact) mass is 538 g/mol. The van der Waals surface area contributed by atoms with Crippen molar-refractivity contribution in [2.45, 2.75) is 0 Å². The Kier molecular flexibility index (Phi) is 4.87. The predicted molar refractivity (Wildman–Crippen MR) is 170 cm³/mol. The molecule has 4 heteroatoms. The average Bonchev–Trinajstić information content (AvgIpc) is 3.63. The molecule has 0 amide bonds. The van der Waals surface area contributed by atoms with Gasteiger partial charge in [-0.25, -0.2) is 0 Å². The molecule has 196 valence electrons. The smallest absolute Gasteiger partial charge is 0.161 e. The lowest BCUT2D eigenvalue weighted by atomic mass is 9.92. The van der Waals surface area contributed by atoms with E-state index >= 15 is 0 Å². The Balaban J connectivity index is 1.26. The molecule has 4 heterocycles. The largest absolute Gasteiger partial charge is 0.454 e. The summed E-state index contributed by atoms with van der Waals surface area (Å²) < 4.78 is 12.8. The van der Waals surface area contributed by atoms with Crippen molar-refractivity contribution in [2.24, 2.45) is 0 Å². The Morgan fingerprint density at radius 2 is 0.929 bits per heavy atom. The van der Waals surface area contributed by atoms with Crippen molar-refractivity contribution in [1.29, 1.82) is 0 Å². The lowest BCUT2D eigenvalue weighted by Crippen LogP contribution is -1.88. The van der Waals surface area contributed by atoms with Gasteiger partial charge in [0, 0.05) is 34.3 Å².